The molecule has 0 N–H and O–H groups in total. The van der Waals surface area contributed by atoms with Gasteiger partial charge in [0.1, 0.15) is 0 Å². The van der Waals surface area contributed by atoms with Crippen molar-refractivity contribution < 1.29 is 4.74 Å². The fraction of sp³-hybridized carbons (Fsp3) is 0.364. The second-order valence-corrected chi connectivity index (χ2v) is 7.23. The van der Waals surface area contributed by atoms with Crippen LogP contribution in [0, 0.1) is 6.92 Å². The lowest BCUT2D eigenvalue weighted by atomic mass is 10.0. The van der Waals surface area contributed by atoms with Gasteiger partial charge in [-0.05, 0) is 67.3 Å². The van der Waals surface area contributed by atoms with Crippen molar-refractivity contribution in [2.75, 3.05) is 13.1 Å². The van der Waals surface area contributed by atoms with E-state index in [1.807, 2.05) is 35.4 Å². The Morgan fingerprint density at radius 1 is 1.19 bits per heavy atom. The number of nitrogens with zero attached hydrogens (tertiary/aromatic N) is 4. The molecule has 1 aliphatic heterocycles. The first-order valence-corrected chi connectivity index (χ1v) is 9.60. The van der Waals surface area contributed by atoms with E-state index in [-0.39, 0.29) is 0 Å². The maximum Gasteiger partial charge on any atom is 0.0736 e. The quantitative estimate of drug-likeness (QED) is 0.670. The van der Waals surface area contributed by atoms with E-state index in [1.165, 1.54) is 17.5 Å². The Kier molecular flexibility index (Phi) is 5.61. The van der Waals surface area contributed by atoms with E-state index < -0.39 is 0 Å². The zero-order chi connectivity index (χ0) is 18.5. The topological polar surface area (TPSA) is 43.2 Å². The number of ether oxygens (including phenoxy) is 1. The van der Waals surface area contributed by atoms with Crippen molar-refractivity contribution in [2.45, 2.75) is 39.0 Å². The molecule has 4 rings (SSSR count). The molecule has 27 heavy (non-hydrogen) atoms. The minimum atomic E-state index is 0.294. The highest BCUT2D eigenvalue weighted by Crippen LogP contribution is 2.20. The van der Waals surface area contributed by atoms with Crippen molar-refractivity contribution in [1.82, 2.24) is 19.7 Å². The summed E-state index contributed by atoms with van der Waals surface area (Å²) in [5.74, 6) is 0. The lowest BCUT2D eigenvalue weighted by molar-refractivity contribution is -0.0121. The van der Waals surface area contributed by atoms with Crippen molar-refractivity contribution in [1.29, 1.82) is 0 Å². The molecule has 3 heterocycles. The Morgan fingerprint density at radius 3 is 2.93 bits per heavy atom. The third kappa shape index (κ3) is 4.62. The van der Waals surface area contributed by atoms with Crippen LogP contribution in [-0.2, 0) is 17.9 Å². The van der Waals surface area contributed by atoms with E-state index >= 15 is 0 Å². The average molecular weight is 362 g/mol. The summed E-state index contributed by atoms with van der Waals surface area (Å²) >= 11 is 0. The minimum absolute atomic E-state index is 0.294. The van der Waals surface area contributed by atoms with E-state index in [4.69, 9.17) is 4.74 Å². The molecular weight excluding hydrogens is 336 g/mol. The molecule has 1 fully saturated rings. The molecule has 1 aromatic carbocycles. The maximum atomic E-state index is 6.14. The molecule has 0 aliphatic carbocycles. The van der Waals surface area contributed by atoms with Crippen LogP contribution in [0.25, 0.3) is 5.69 Å². The van der Waals surface area contributed by atoms with E-state index in [0.717, 1.165) is 37.3 Å². The van der Waals surface area contributed by atoms with Gasteiger partial charge in [-0.25, -0.2) is 4.68 Å². The van der Waals surface area contributed by atoms with Gasteiger partial charge in [0.05, 0.1) is 18.4 Å². The summed E-state index contributed by atoms with van der Waals surface area (Å²) < 4.78 is 8.04. The van der Waals surface area contributed by atoms with E-state index in [2.05, 4.69) is 46.2 Å². The van der Waals surface area contributed by atoms with Gasteiger partial charge in [0.25, 0.3) is 0 Å². The zero-order valence-corrected chi connectivity index (χ0v) is 15.8. The van der Waals surface area contributed by atoms with Crippen LogP contribution in [0.15, 0.2) is 61.2 Å². The number of aromatic nitrogens is 3. The van der Waals surface area contributed by atoms with Crippen LogP contribution < -0.4 is 0 Å². The largest absolute Gasteiger partial charge is 0.372 e. The van der Waals surface area contributed by atoms with Gasteiger partial charge in [-0.15, -0.1) is 0 Å². The highest BCUT2D eigenvalue weighted by atomic mass is 16.5. The lowest BCUT2D eigenvalue weighted by Crippen LogP contribution is -2.39. The molecule has 3 aromatic rings. The van der Waals surface area contributed by atoms with Crippen molar-refractivity contribution in [2.24, 2.45) is 0 Å². The highest BCUT2D eigenvalue weighted by molar-refractivity contribution is 5.39. The molecule has 0 radical (unpaired) electrons. The van der Waals surface area contributed by atoms with E-state index in [9.17, 15) is 0 Å². The molecule has 1 atom stereocenters. The normalized spacial score (nSPS) is 17.9. The first-order valence-electron chi connectivity index (χ1n) is 9.60. The average Bonchev–Trinajstić information content (AvgIpc) is 3.24. The molecule has 0 spiro atoms. The number of pyridine rings is 1. The summed E-state index contributed by atoms with van der Waals surface area (Å²) in [5, 5.41) is 4.31. The van der Waals surface area contributed by atoms with Gasteiger partial charge in [0.2, 0.25) is 0 Å². The molecule has 5 heteroatoms. The Labute approximate surface area is 160 Å². The van der Waals surface area contributed by atoms with Crippen LogP contribution in [0.2, 0.25) is 0 Å². The Morgan fingerprint density at radius 2 is 2.15 bits per heavy atom. The molecule has 0 amide bonds. The number of hydrogen-bond donors (Lipinski definition) is 0. The Hall–Kier alpha value is -2.50. The number of likely N-dealkylation sites (tertiary alicyclic amines) is 1. The summed E-state index contributed by atoms with van der Waals surface area (Å²) in [6.45, 7) is 5.91. The first-order chi connectivity index (χ1) is 13.3. The number of rotatable bonds is 6. The summed E-state index contributed by atoms with van der Waals surface area (Å²) in [5.41, 5.74) is 4.93. The molecule has 0 saturated carbocycles. The predicted octanol–water partition coefficient (Wildman–Crippen LogP) is 3.76. The summed E-state index contributed by atoms with van der Waals surface area (Å²) in [6.07, 6.45) is 10.1. The minimum Gasteiger partial charge on any atom is -0.372 e. The smallest absolute Gasteiger partial charge is 0.0736 e. The molecule has 5 nitrogen and oxygen atoms in total. The number of piperidine rings is 1. The van der Waals surface area contributed by atoms with Gasteiger partial charge in [-0.1, -0.05) is 12.1 Å². The molecule has 1 aliphatic rings. The van der Waals surface area contributed by atoms with Crippen LogP contribution in [0.1, 0.15) is 29.5 Å². The SMILES string of the molecule is Cc1cc(-n2cccn2)ccc1CN1CCC[C@@H](OCc2cccnc2)C1. The maximum absolute atomic E-state index is 6.14. The van der Waals surface area contributed by atoms with Gasteiger partial charge in [-0.2, -0.15) is 5.10 Å². The third-order valence-electron chi connectivity index (χ3n) is 5.16. The molecule has 0 unspecified atom stereocenters. The molecule has 0 bridgehead atoms. The van der Waals surface area contributed by atoms with Gasteiger partial charge >= 0.3 is 0 Å². The second kappa shape index (κ2) is 8.46. The summed E-state index contributed by atoms with van der Waals surface area (Å²) in [7, 11) is 0. The fourth-order valence-corrected chi connectivity index (χ4v) is 3.65. The van der Waals surface area contributed by atoms with Crippen molar-refractivity contribution in [3.63, 3.8) is 0 Å². The molecule has 2 aromatic heterocycles. The highest BCUT2D eigenvalue weighted by Gasteiger charge is 2.21. The second-order valence-electron chi connectivity index (χ2n) is 7.23. The lowest BCUT2D eigenvalue weighted by Gasteiger charge is -2.33. The zero-order valence-electron chi connectivity index (χ0n) is 15.8. The molecular formula is C22H26N4O. The fourth-order valence-electron chi connectivity index (χ4n) is 3.65. The van der Waals surface area contributed by atoms with E-state index in [1.54, 1.807) is 6.20 Å². The van der Waals surface area contributed by atoms with Crippen molar-refractivity contribution in [3.8, 4) is 5.69 Å². The monoisotopic (exact) mass is 362 g/mol. The first kappa shape index (κ1) is 17.9. The summed E-state index contributed by atoms with van der Waals surface area (Å²) in [6, 6.07) is 12.6. The van der Waals surface area contributed by atoms with Gasteiger partial charge < -0.3 is 4.74 Å². The van der Waals surface area contributed by atoms with Gasteiger partial charge in [-0.3, -0.25) is 9.88 Å². The Balaban J connectivity index is 1.35. The number of benzene rings is 1. The third-order valence-corrected chi connectivity index (χ3v) is 5.16. The van der Waals surface area contributed by atoms with Crippen LogP contribution in [0.5, 0.6) is 0 Å². The van der Waals surface area contributed by atoms with E-state index in [0.29, 0.717) is 12.7 Å². The van der Waals surface area contributed by atoms with Crippen LogP contribution in [0.4, 0.5) is 0 Å². The van der Waals surface area contributed by atoms with Crippen molar-refractivity contribution in [3.05, 3.63) is 77.9 Å². The number of hydrogen-bond acceptors (Lipinski definition) is 4. The van der Waals surface area contributed by atoms with Crippen LogP contribution in [-0.4, -0.2) is 38.9 Å². The van der Waals surface area contributed by atoms with Crippen LogP contribution >= 0.6 is 0 Å². The molecule has 140 valence electrons. The number of aryl methyl sites for hydroxylation is 1. The predicted molar refractivity (Wildman–Crippen MR) is 106 cm³/mol. The van der Waals surface area contributed by atoms with Gasteiger partial charge in [0.15, 0.2) is 0 Å². The van der Waals surface area contributed by atoms with Crippen molar-refractivity contribution >= 4 is 0 Å². The van der Waals surface area contributed by atoms with Gasteiger partial charge in [0, 0.05) is 37.9 Å². The van der Waals surface area contributed by atoms with Crippen LogP contribution in [0.3, 0.4) is 0 Å². The summed E-state index contributed by atoms with van der Waals surface area (Å²) in [4.78, 5) is 6.67. The molecule has 1 saturated heterocycles. The standard InChI is InChI=1S/C22H26N4O/c1-18-13-21(26-12-4-10-24-26)8-7-20(18)15-25-11-3-6-22(16-25)27-17-19-5-2-9-23-14-19/h2,4-5,7-10,12-14,22H,3,6,11,15-17H2,1H3/t22-/m1/s1. The Bertz CT molecular complexity index is 848.